The highest BCUT2D eigenvalue weighted by Crippen LogP contribution is 2.16. The molecular weight excluding hydrogens is 186 g/mol. The minimum atomic E-state index is 0.546. The summed E-state index contributed by atoms with van der Waals surface area (Å²) in [5, 5.41) is 4.03. The third-order valence-corrected chi connectivity index (χ3v) is 2.30. The molecule has 15 heavy (non-hydrogen) atoms. The fourth-order valence-electron chi connectivity index (χ4n) is 1.34. The van der Waals surface area contributed by atoms with Crippen LogP contribution in [0.4, 0.5) is 0 Å². The van der Waals surface area contributed by atoms with Crippen molar-refractivity contribution in [2.45, 2.75) is 33.6 Å². The molecule has 82 valence electrons. The van der Waals surface area contributed by atoms with Gasteiger partial charge >= 0.3 is 0 Å². The first-order chi connectivity index (χ1) is 7.15. The Labute approximate surface area is 91.9 Å². The molecule has 0 radical (unpaired) electrons. The van der Waals surface area contributed by atoms with Crippen LogP contribution in [-0.4, -0.2) is 12.3 Å². The molecule has 0 N–H and O–H groups in total. The molecule has 2 nitrogen and oxygen atoms in total. The lowest BCUT2D eigenvalue weighted by Gasteiger charge is -2.07. The van der Waals surface area contributed by atoms with E-state index in [1.807, 2.05) is 13.8 Å². The number of rotatable bonds is 4. The molecule has 0 heterocycles. The molecule has 0 saturated heterocycles. The summed E-state index contributed by atoms with van der Waals surface area (Å²) in [5.74, 6) is 0.546. The zero-order valence-corrected chi connectivity index (χ0v) is 9.95. The molecule has 1 aromatic carbocycles. The number of oxime groups is 1. The van der Waals surface area contributed by atoms with E-state index < -0.39 is 0 Å². The minimum absolute atomic E-state index is 0.546. The Morgan fingerprint density at radius 2 is 2.13 bits per heavy atom. The summed E-state index contributed by atoms with van der Waals surface area (Å²) in [4.78, 5) is 5.04. The molecule has 0 unspecified atom stereocenters. The van der Waals surface area contributed by atoms with Crippen LogP contribution in [0.5, 0.6) is 0 Å². The lowest BCUT2D eigenvalue weighted by molar-refractivity contribution is 0.159. The molecule has 0 spiro atoms. The maximum atomic E-state index is 5.04. The monoisotopic (exact) mass is 205 g/mol. The van der Waals surface area contributed by atoms with Crippen molar-refractivity contribution in [2.24, 2.45) is 5.16 Å². The van der Waals surface area contributed by atoms with Crippen LogP contribution < -0.4 is 0 Å². The maximum Gasteiger partial charge on any atom is 0.114 e. The fourth-order valence-corrected chi connectivity index (χ4v) is 1.34. The van der Waals surface area contributed by atoms with Gasteiger partial charge in [-0.3, -0.25) is 0 Å². The average Bonchev–Trinajstić information content (AvgIpc) is 2.26. The van der Waals surface area contributed by atoms with Gasteiger partial charge in [-0.25, -0.2) is 0 Å². The van der Waals surface area contributed by atoms with Gasteiger partial charge in [0.25, 0.3) is 0 Å². The fraction of sp³-hybridized carbons (Fsp3) is 0.462. The van der Waals surface area contributed by atoms with E-state index in [4.69, 9.17) is 4.84 Å². The van der Waals surface area contributed by atoms with Crippen LogP contribution >= 0.6 is 0 Å². The smallest absolute Gasteiger partial charge is 0.114 e. The SMILES string of the molecule is CCO/N=C(/C)c1cccc(C(C)C)c1. The molecule has 0 bridgehead atoms. The molecule has 0 aromatic heterocycles. The second kappa shape index (κ2) is 5.54. The molecule has 0 atom stereocenters. The Balaban J connectivity index is 2.90. The Hall–Kier alpha value is -1.31. The summed E-state index contributed by atoms with van der Waals surface area (Å²) in [6.45, 7) is 8.89. The molecule has 0 aliphatic rings. The van der Waals surface area contributed by atoms with Gasteiger partial charge in [-0.15, -0.1) is 0 Å². The van der Waals surface area contributed by atoms with Crippen molar-refractivity contribution >= 4 is 5.71 Å². The van der Waals surface area contributed by atoms with Crippen LogP contribution in [0.2, 0.25) is 0 Å². The molecule has 0 saturated carbocycles. The van der Waals surface area contributed by atoms with Crippen LogP contribution in [0.15, 0.2) is 29.4 Å². The van der Waals surface area contributed by atoms with Gasteiger partial charge in [-0.1, -0.05) is 37.2 Å². The molecule has 0 fully saturated rings. The first kappa shape index (κ1) is 11.8. The third kappa shape index (κ3) is 3.39. The largest absolute Gasteiger partial charge is 0.396 e. The van der Waals surface area contributed by atoms with Crippen LogP contribution in [0.25, 0.3) is 0 Å². The van der Waals surface area contributed by atoms with Crippen molar-refractivity contribution in [3.63, 3.8) is 0 Å². The predicted octanol–water partition coefficient (Wildman–Crippen LogP) is 3.57. The van der Waals surface area contributed by atoms with E-state index in [0.29, 0.717) is 12.5 Å². The van der Waals surface area contributed by atoms with Crippen molar-refractivity contribution < 1.29 is 4.84 Å². The van der Waals surface area contributed by atoms with Crippen molar-refractivity contribution in [1.82, 2.24) is 0 Å². The van der Waals surface area contributed by atoms with E-state index in [-0.39, 0.29) is 0 Å². The number of hydrogen-bond acceptors (Lipinski definition) is 2. The highest BCUT2D eigenvalue weighted by Gasteiger charge is 2.02. The molecule has 2 heteroatoms. The third-order valence-electron chi connectivity index (χ3n) is 2.30. The summed E-state index contributed by atoms with van der Waals surface area (Å²) in [5.41, 5.74) is 3.40. The second-order valence-electron chi connectivity index (χ2n) is 3.87. The molecule has 0 aliphatic heterocycles. The predicted molar refractivity (Wildman–Crippen MR) is 64.4 cm³/mol. The van der Waals surface area contributed by atoms with Crippen molar-refractivity contribution in [1.29, 1.82) is 0 Å². The highest BCUT2D eigenvalue weighted by molar-refractivity contribution is 5.98. The van der Waals surface area contributed by atoms with Crippen molar-refractivity contribution in [2.75, 3.05) is 6.61 Å². The Morgan fingerprint density at radius 1 is 1.40 bits per heavy atom. The number of nitrogens with zero attached hydrogens (tertiary/aromatic N) is 1. The van der Waals surface area contributed by atoms with E-state index in [9.17, 15) is 0 Å². The molecular formula is C13H19NO. The van der Waals surface area contributed by atoms with E-state index in [1.54, 1.807) is 0 Å². The van der Waals surface area contributed by atoms with Crippen molar-refractivity contribution in [3.8, 4) is 0 Å². The highest BCUT2D eigenvalue weighted by atomic mass is 16.6. The molecule has 1 rings (SSSR count). The second-order valence-corrected chi connectivity index (χ2v) is 3.87. The van der Waals surface area contributed by atoms with Gasteiger partial charge in [0.15, 0.2) is 0 Å². The summed E-state index contributed by atoms with van der Waals surface area (Å²) in [7, 11) is 0. The van der Waals surface area contributed by atoms with Gasteiger partial charge in [0.1, 0.15) is 6.61 Å². The first-order valence-electron chi connectivity index (χ1n) is 5.42. The minimum Gasteiger partial charge on any atom is -0.396 e. The Morgan fingerprint density at radius 3 is 2.73 bits per heavy atom. The van der Waals surface area contributed by atoms with Gasteiger partial charge in [-0.2, -0.15) is 0 Å². The first-order valence-corrected chi connectivity index (χ1v) is 5.42. The van der Waals surface area contributed by atoms with Gasteiger partial charge in [0.05, 0.1) is 5.71 Å². The standard InChI is InChI=1S/C13H19NO/c1-5-15-14-11(4)13-8-6-7-12(9-13)10(2)3/h6-10H,5H2,1-4H3/b14-11-. The van der Waals surface area contributed by atoms with E-state index in [1.165, 1.54) is 5.56 Å². The van der Waals surface area contributed by atoms with Crippen LogP contribution in [0, 0.1) is 0 Å². The summed E-state index contributed by atoms with van der Waals surface area (Å²) in [6, 6.07) is 8.43. The van der Waals surface area contributed by atoms with E-state index >= 15 is 0 Å². The van der Waals surface area contributed by atoms with Gasteiger partial charge in [-0.05, 0) is 37.0 Å². The topological polar surface area (TPSA) is 21.6 Å². The quantitative estimate of drug-likeness (QED) is 0.544. The van der Waals surface area contributed by atoms with Crippen LogP contribution in [0.3, 0.4) is 0 Å². The zero-order valence-electron chi connectivity index (χ0n) is 9.95. The lowest BCUT2D eigenvalue weighted by atomic mass is 9.99. The molecule has 1 aromatic rings. The molecule has 0 amide bonds. The summed E-state index contributed by atoms with van der Waals surface area (Å²) < 4.78 is 0. The average molecular weight is 205 g/mol. The van der Waals surface area contributed by atoms with Gasteiger partial charge < -0.3 is 4.84 Å². The van der Waals surface area contributed by atoms with E-state index in [0.717, 1.165) is 11.3 Å². The van der Waals surface area contributed by atoms with Crippen molar-refractivity contribution in [3.05, 3.63) is 35.4 Å². The maximum absolute atomic E-state index is 5.04. The van der Waals surface area contributed by atoms with Crippen LogP contribution in [0.1, 0.15) is 44.7 Å². The summed E-state index contributed by atoms with van der Waals surface area (Å²) in [6.07, 6.45) is 0. The normalized spacial score (nSPS) is 11.9. The van der Waals surface area contributed by atoms with Gasteiger partial charge in [0.2, 0.25) is 0 Å². The summed E-state index contributed by atoms with van der Waals surface area (Å²) >= 11 is 0. The Bertz CT molecular complexity index is 342. The van der Waals surface area contributed by atoms with E-state index in [2.05, 4.69) is 43.3 Å². The van der Waals surface area contributed by atoms with Crippen LogP contribution in [-0.2, 0) is 4.84 Å². The molecule has 0 aliphatic carbocycles. The number of benzene rings is 1. The number of hydrogen-bond donors (Lipinski definition) is 0. The lowest BCUT2D eigenvalue weighted by Crippen LogP contribution is -1.98. The Kier molecular flexibility index (Phi) is 4.35. The van der Waals surface area contributed by atoms with Gasteiger partial charge in [0, 0.05) is 0 Å². The zero-order chi connectivity index (χ0) is 11.3.